The lowest BCUT2D eigenvalue weighted by Crippen LogP contribution is -2.52. The summed E-state index contributed by atoms with van der Waals surface area (Å²) in [6.45, 7) is 6.61. The van der Waals surface area contributed by atoms with E-state index in [9.17, 15) is 18.0 Å². The van der Waals surface area contributed by atoms with Crippen LogP contribution in [0.4, 0.5) is 5.69 Å². The summed E-state index contributed by atoms with van der Waals surface area (Å²) in [5.74, 6) is -0.777. The van der Waals surface area contributed by atoms with E-state index in [-0.39, 0.29) is 39.8 Å². The van der Waals surface area contributed by atoms with Gasteiger partial charge in [0.1, 0.15) is 18.3 Å². The van der Waals surface area contributed by atoms with Crippen LogP contribution in [0.15, 0.2) is 71.6 Å². The molecule has 1 N–H and O–H groups in total. The van der Waals surface area contributed by atoms with Gasteiger partial charge < -0.3 is 15.0 Å². The number of nitrogens with one attached hydrogen (secondary N) is 1. The molecule has 11 heteroatoms. The van der Waals surface area contributed by atoms with Crippen LogP contribution in [0.3, 0.4) is 0 Å². The molecule has 41 heavy (non-hydrogen) atoms. The molecule has 0 radical (unpaired) electrons. The Balaban J connectivity index is 2.11. The van der Waals surface area contributed by atoms with Crippen LogP contribution in [0.25, 0.3) is 0 Å². The lowest BCUT2D eigenvalue weighted by Gasteiger charge is -2.33. The SMILES string of the molecule is CC[C@H](C)NC(=O)[C@@H](C)N(Cc1ccccc1Cl)C(=O)CN(c1cc(Cl)ccc1OC)S(=O)(=O)c1ccc(C)cc1. The number of carbonyl (C=O) groups excluding carboxylic acids is 2. The van der Waals surface area contributed by atoms with Crippen molar-refractivity contribution in [1.82, 2.24) is 10.2 Å². The lowest BCUT2D eigenvalue weighted by atomic mass is 10.1. The highest BCUT2D eigenvalue weighted by Gasteiger charge is 2.34. The first-order valence-electron chi connectivity index (χ1n) is 13.1. The number of hydrogen-bond donors (Lipinski definition) is 1. The summed E-state index contributed by atoms with van der Waals surface area (Å²) in [4.78, 5) is 28.6. The van der Waals surface area contributed by atoms with Crippen LogP contribution in [0.1, 0.15) is 38.3 Å². The molecule has 0 aliphatic rings. The number of halogens is 2. The van der Waals surface area contributed by atoms with Gasteiger partial charge in [-0.2, -0.15) is 0 Å². The van der Waals surface area contributed by atoms with Crippen molar-refractivity contribution in [3.63, 3.8) is 0 Å². The van der Waals surface area contributed by atoms with Gasteiger partial charge in [0, 0.05) is 22.6 Å². The number of anilines is 1. The van der Waals surface area contributed by atoms with Crippen LogP contribution in [-0.2, 0) is 26.2 Å². The van der Waals surface area contributed by atoms with Crippen LogP contribution < -0.4 is 14.4 Å². The number of nitrogens with zero attached hydrogens (tertiary/aromatic N) is 2. The van der Waals surface area contributed by atoms with E-state index in [0.29, 0.717) is 17.0 Å². The maximum atomic E-state index is 14.1. The summed E-state index contributed by atoms with van der Waals surface area (Å²) in [5, 5.41) is 3.58. The van der Waals surface area contributed by atoms with Gasteiger partial charge in [-0.05, 0) is 69.2 Å². The van der Waals surface area contributed by atoms with Crippen molar-refractivity contribution in [1.29, 1.82) is 0 Å². The summed E-state index contributed by atoms with van der Waals surface area (Å²) in [5.41, 5.74) is 1.57. The van der Waals surface area contributed by atoms with Gasteiger partial charge in [-0.15, -0.1) is 0 Å². The Morgan fingerprint density at radius 3 is 2.27 bits per heavy atom. The number of amides is 2. The molecular formula is C30H35Cl2N3O5S. The highest BCUT2D eigenvalue weighted by Crippen LogP contribution is 2.35. The number of sulfonamides is 1. The van der Waals surface area contributed by atoms with Crippen LogP contribution in [0.2, 0.25) is 10.0 Å². The molecule has 2 atom stereocenters. The Hall–Kier alpha value is -3.27. The number of methoxy groups -OCH3 is 1. The molecule has 0 unspecified atom stereocenters. The molecule has 0 aromatic heterocycles. The van der Waals surface area contributed by atoms with E-state index in [1.807, 2.05) is 20.8 Å². The van der Waals surface area contributed by atoms with E-state index >= 15 is 0 Å². The molecule has 0 spiro atoms. The summed E-state index contributed by atoms with van der Waals surface area (Å²) in [6.07, 6.45) is 0.702. The molecule has 3 rings (SSSR count). The number of aryl methyl sites for hydroxylation is 1. The van der Waals surface area contributed by atoms with Crippen LogP contribution in [0.5, 0.6) is 5.75 Å². The van der Waals surface area contributed by atoms with Crippen LogP contribution >= 0.6 is 23.2 Å². The standard InChI is InChI=1S/C30H35Cl2N3O5S/c1-6-21(3)33-30(37)22(4)34(18-23-9-7-8-10-26(23)32)29(36)19-35(27-17-24(31)13-16-28(27)40-5)41(38,39)25-14-11-20(2)12-15-25/h7-17,21-22H,6,18-19H2,1-5H3,(H,33,37)/t21-,22+/m0/s1. The fraction of sp³-hybridized carbons (Fsp3) is 0.333. The van der Waals surface area contributed by atoms with Crippen molar-refractivity contribution in [2.45, 2.75) is 57.6 Å². The van der Waals surface area contributed by atoms with E-state index in [1.165, 1.54) is 36.3 Å². The quantitative estimate of drug-likeness (QED) is 0.275. The fourth-order valence-corrected chi connectivity index (χ4v) is 5.85. The lowest BCUT2D eigenvalue weighted by molar-refractivity contribution is -0.139. The molecule has 0 saturated heterocycles. The highest BCUT2D eigenvalue weighted by molar-refractivity contribution is 7.92. The molecule has 8 nitrogen and oxygen atoms in total. The molecule has 220 valence electrons. The second-order valence-electron chi connectivity index (χ2n) is 9.75. The number of carbonyl (C=O) groups is 2. The first kappa shape index (κ1) is 32.2. The Morgan fingerprint density at radius 2 is 1.66 bits per heavy atom. The predicted molar refractivity (Wildman–Crippen MR) is 163 cm³/mol. The predicted octanol–water partition coefficient (Wildman–Crippen LogP) is 5.84. The van der Waals surface area contributed by atoms with Crippen LogP contribution in [-0.4, -0.2) is 50.9 Å². The number of ether oxygens (including phenoxy) is 1. The number of benzene rings is 3. The average Bonchev–Trinajstić information content (AvgIpc) is 2.95. The zero-order valence-corrected chi connectivity index (χ0v) is 26.1. The first-order valence-corrected chi connectivity index (χ1v) is 15.3. The van der Waals surface area contributed by atoms with Crippen molar-refractivity contribution >= 4 is 50.7 Å². The smallest absolute Gasteiger partial charge is 0.264 e. The Bertz CT molecular complexity index is 1480. The van der Waals surface area contributed by atoms with Gasteiger partial charge in [-0.25, -0.2) is 8.42 Å². The van der Waals surface area contributed by atoms with Gasteiger partial charge >= 0.3 is 0 Å². The molecule has 0 bridgehead atoms. The Labute approximate surface area is 252 Å². The normalized spacial score (nSPS) is 12.8. The van der Waals surface area contributed by atoms with Gasteiger partial charge in [-0.3, -0.25) is 13.9 Å². The molecule has 0 saturated carbocycles. The van der Waals surface area contributed by atoms with Gasteiger partial charge in [0.15, 0.2) is 0 Å². The number of hydrogen-bond acceptors (Lipinski definition) is 5. The maximum Gasteiger partial charge on any atom is 0.264 e. The van der Waals surface area contributed by atoms with Crippen LogP contribution in [0, 0.1) is 6.92 Å². The van der Waals surface area contributed by atoms with Crippen molar-refractivity contribution < 1.29 is 22.7 Å². The third-order valence-corrected chi connectivity index (χ3v) is 9.14. The first-order chi connectivity index (χ1) is 19.4. The topological polar surface area (TPSA) is 96.0 Å². The van der Waals surface area contributed by atoms with E-state index < -0.39 is 28.5 Å². The molecule has 0 aliphatic carbocycles. The molecule has 3 aromatic carbocycles. The minimum atomic E-state index is -4.28. The Kier molecular flexibility index (Phi) is 11.1. The monoisotopic (exact) mass is 619 g/mol. The van der Waals surface area contributed by atoms with Gasteiger partial charge in [0.2, 0.25) is 11.8 Å². The van der Waals surface area contributed by atoms with Crippen molar-refractivity contribution in [2.75, 3.05) is 18.0 Å². The van der Waals surface area contributed by atoms with Gasteiger partial charge in [0.05, 0.1) is 17.7 Å². The zero-order chi connectivity index (χ0) is 30.3. The summed E-state index contributed by atoms with van der Waals surface area (Å²) in [6, 6.07) is 16.8. The molecule has 0 fully saturated rings. The molecule has 0 aliphatic heterocycles. The van der Waals surface area contributed by atoms with E-state index in [4.69, 9.17) is 27.9 Å². The third kappa shape index (κ3) is 7.93. The van der Waals surface area contributed by atoms with Gasteiger partial charge in [0.25, 0.3) is 10.0 Å². The fourth-order valence-electron chi connectivity index (χ4n) is 4.07. The van der Waals surface area contributed by atoms with Crippen molar-refractivity contribution in [3.8, 4) is 5.75 Å². The third-order valence-electron chi connectivity index (χ3n) is 6.76. The Morgan fingerprint density at radius 1 is 1.00 bits per heavy atom. The second-order valence-corrected chi connectivity index (χ2v) is 12.5. The largest absolute Gasteiger partial charge is 0.495 e. The second kappa shape index (κ2) is 14.1. The van der Waals surface area contributed by atoms with E-state index in [1.54, 1.807) is 49.4 Å². The number of rotatable bonds is 12. The average molecular weight is 621 g/mol. The molecule has 3 aromatic rings. The minimum absolute atomic E-state index is 0.0152. The van der Waals surface area contributed by atoms with E-state index in [0.717, 1.165) is 9.87 Å². The summed E-state index contributed by atoms with van der Waals surface area (Å²) < 4.78 is 34.5. The zero-order valence-electron chi connectivity index (χ0n) is 23.7. The van der Waals surface area contributed by atoms with Crippen molar-refractivity contribution in [3.05, 3.63) is 87.9 Å². The highest BCUT2D eigenvalue weighted by atomic mass is 35.5. The summed E-state index contributed by atoms with van der Waals surface area (Å²) in [7, 11) is -2.88. The molecule has 0 heterocycles. The van der Waals surface area contributed by atoms with E-state index in [2.05, 4.69) is 5.32 Å². The van der Waals surface area contributed by atoms with Gasteiger partial charge in [-0.1, -0.05) is 66.0 Å². The molecule has 2 amide bonds. The molecular weight excluding hydrogens is 585 g/mol. The maximum absolute atomic E-state index is 14.1. The van der Waals surface area contributed by atoms with Crippen molar-refractivity contribution in [2.24, 2.45) is 0 Å². The minimum Gasteiger partial charge on any atom is -0.495 e. The summed E-state index contributed by atoms with van der Waals surface area (Å²) >= 11 is 12.7.